The van der Waals surface area contributed by atoms with E-state index in [9.17, 15) is 4.79 Å². The van der Waals surface area contributed by atoms with Gasteiger partial charge in [0.25, 0.3) is 0 Å². The number of ether oxygens (including phenoxy) is 1. The maximum Gasteiger partial charge on any atom is 0.233 e. The Kier molecular flexibility index (Phi) is 6.05. The second-order valence-corrected chi connectivity index (χ2v) is 8.08. The van der Waals surface area contributed by atoms with Gasteiger partial charge in [0.15, 0.2) is 5.13 Å². The first-order chi connectivity index (χ1) is 14.6. The third-order valence-corrected chi connectivity index (χ3v) is 5.73. The van der Waals surface area contributed by atoms with E-state index in [-0.39, 0.29) is 5.91 Å². The van der Waals surface area contributed by atoms with Gasteiger partial charge < -0.3 is 4.74 Å². The number of hydrogen-bond donors (Lipinski definition) is 0. The number of hydrogen-bond acceptors (Lipinski definition) is 5. The van der Waals surface area contributed by atoms with Crippen LogP contribution >= 0.6 is 11.3 Å². The zero-order chi connectivity index (χ0) is 20.9. The molecule has 0 fully saturated rings. The third kappa shape index (κ3) is 4.66. The lowest BCUT2D eigenvalue weighted by molar-refractivity contribution is -0.118. The zero-order valence-electron chi connectivity index (χ0n) is 17.0. The molecule has 0 unspecified atom stereocenters. The number of amides is 1. The highest BCUT2D eigenvalue weighted by molar-refractivity contribution is 7.22. The molecule has 152 valence electrons. The highest BCUT2D eigenvalue weighted by Crippen LogP contribution is 2.32. The van der Waals surface area contributed by atoms with Gasteiger partial charge in [-0.2, -0.15) is 0 Å². The van der Waals surface area contributed by atoms with Crippen LogP contribution in [-0.4, -0.2) is 22.5 Å². The summed E-state index contributed by atoms with van der Waals surface area (Å²) in [5.41, 5.74) is 3.96. The SMILES string of the molecule is CCOc1ccc2nc(N(Cc3cccnc3)C(=O)Cc3cccc(C)c3)sc2c1. The second-order valence-electron chi connectivity index (χ2n) is 7.07. The van der Waals surface area contributed by atoms with E-state index in [1.54, 1.807) is 17.3 Å². The summed E-state index contributed by atoms with van der Waals surface area (Å²) in [5, 5.41) is 0.681. The van der Waals surface area contributed by atoms with E-state index in [0.717, 1.165) is 32.7 Å². The average molecular weight is 418 g/mol. The molecule has 0 atom stereocenters. The number of carbonyl (C=O) groups is 1. The van der Waals surface area contributed by atoms with E-state index in [0.29, 0.717) is 24.7 Å². The second kappa shape index (κ2) is 9.05. The van der Waals surface area contributed by atoms with Gasteiger partial charge in [-0.1, -0.05) is 47.2 Å². The minimum Gasteiger partial charge on any atom is -0.494 e. The van der Waals surface area contributed by atoms with Gasteiger partial charge >= 0.3 is 0 Å². The molecule has 4 rings (SSSR count). The normalized spacial score (nSPS) is 10.9. The van der Waals surface area contributed by atoms with Gasteiger partial charge in [0, 0.05) is 12.4 Å². The van der Waals surface area contributed by atoms with Crippen LogP contribution in [0.5, 0.6) is 5.75 Å². The average Bonchev–Trinajstić information content (AvgIpc) is 3.16. The molecule has 2 aromatic carbocycles. The van der Waals surface area contributed by atoms with Crippen LogP contribution in [0.15, 0.2) is 67.0 Å². The summed E-state index contributed by atoms with van der Waals surface area (Å²) >= 11 is 1.50. The number of nitrogens with zero attached hydrogens (tertiary/aromatic N) is 3. The Balaban J connectivity index is 1.67. The zero-order valence-corrected chi connectivity index (χ0v) is 17.9. The summed E-state index contributed by atoms with van der Waals surface area (Å²) in [7, 11) is 0. The van der Waals surface area contributed by atoms with E-state index >= 15 is 0 Å². The van der Waals surface area contributed by atoms with Crippen LogP contribution in [0, 0.1) is 6.92 Å². The van der Waals surface area contributed by atoms with Crippen molar-refractivity contribution in [2.45, 2.75) is 26.8 Å². The summed E-state index contributed by atoms with van der Waals surface area (Å²) in [5.74, 6) is 0.818. The van der Waals surface area contributed by atoms with Crippen molar-refractivity contribution in [3.8, 4) is 5.75 Å². The van der Waals surface area contributed by atoms with E-state index in [2.05, 4.69) is 4.98 Å². The van der Waals surface area contributed by atoms with E-state index < -0.39 is 0 Å². The molecule has 1 amide bonds. The molecule has 0 aliphatic carbocycles. The van der Waals surface area contributed by atoms with E-state index in [4.69, 9.17) is 9.72 Å². The van der Waals surface area contributed by atoms with Crippen LogP contribution in [0.2, 0.25) is 0 Å². The topological polar surface area (TPSA) is 55.3 Å². The molecule has 0 saturated carbocycles. The van der Waals surface area contributed by atoms with Gasteiger partial charge in [-0.25, -0.2) is 4.98 Å². The number of carbonyl (C=O) groups excluding carboxylic acids is 1. The molecule has 0 spiro atoms. The Morgan fingerprint density at radius 2 is 1.97 bits per heavy atom. The lowest BCUT2D eigenvalue weighted by atomic mass is 10.1. The Morgan fingerprint density at radius 3 is 2.73 bits per heavy atom. The molecule has 30 heavy (non-hydrogen) atoms. The van der Waals surface area contributed by atoms with Crippen LogP contribution in [0.25, 0.3) is 10.2 Å². The highest BCUT2D eigenvalue weighted by Gasteiger charge is 2.21. The maximum absolute atomic E-state index is 13.3. The standard InChI is InChI=1S/C24H23N3O2S/c1-3-29-20-9-10-21-22(14-20)30-24(26-21)27(16-19-8-5-11-25-15-19)23(28)13-18-7-4-6-17(2)12-18/h4-12,14-15H,3,13,16H2,1-2H3. The molecule has 0 aliphatic rings. The van der Waals surface area contributed by atoms with Crippen LogP contribution in [0.3, 0.4) is 0 Å². The fraction of sp³-hybridized carbons (Fsp3) is 0.208. The summed E-state index contributed by atoms with van der Waals surface area (Å²) in [6, 6.07) is 17.7. The van der Waals surface area contributed by atoms with Gasteiger partial charge in [0.2, 0.25) is 5.91 Å². The van der Waals surface area contributed by atoms with Crippen LogP contribution in [0.4, 0.5) is 5.13 Å². The lowest BCUT2D eigenvalue weighted by Crippen LogP contribution is -2.31. The third-order valence-electron chi connectivity index (χ3n) is 4.69. The summed E-state index contributed by atoms with van der Waals surface area (Å²) in [6.45, 7) is 5.03. The first-order valence-electron chi connectivity index (χ1n) is 9.90. The molecule has 0 radical (unpaired) electrons. The Hall–Kier alpha value is -3.25. The van der Waals surface area contributed by atoms with E-state index in [1.165, 1.54) is 11.3 Å². The van der Waals surface area contributed by atoms with Gasteiger partial charge in [-0.3, -0.25) is 14.7 Å². The van der Waals surface area contributed by atoms with Crippen molar-refractivity contribution in [1.29, 1.82) is 0 Å². The molecular formula is C24H23N3O2S. The number of thiazole rings is 1. The smallest absolute Gasteiger partial charge is 0.233 e. The van der Waals surface area contributed by atoms with Crippen molar-refractivity contribution in [2.75, 3.05) is 11.5 Å². The van der Waals surface area contributed by atoms with Crippen LogP contribution < -0.4 is 9.64 Å². The van der Waals surface area contributed by atoms with Gasteiger partial charge in [-0.05, 0) is 49.2 Å². The Bertz CT molecular complexity index is 1160. The molecule has 0 bridgehead atoms. The van der Waals surface area contributed by atoms with Crippen molar-refractivity contribution >= 4 is 32.6 Å². The summed E-state index contributed by atoms with van der Waals surface area (Å²) in [6.07, 6.45) is 3.84. The quantitative estimate of drug-likeness (QED) is 0.416. The van der Waals surface area contributed by atoms with Crippen molar-refractivity contribution < 1.29 is 9.53 Å². The first kappa shape index (κ1) is 20.0. The number of benzene rings is 2. The van der Waals surface area contributed by atoms with Crippen molar-refractivity contribution in [2.24, 2.45) is 0 Å². The molecule has 5 nitrogen and oxygen atoms in total. The predicted octanol–water partition coefficient (Wildman–Crippen LogP) is 5.17. The number of fused-ring (bicyclic) bond motifs is 1. The maximum atomic E-state index is 13.3. The van der Waals surface area contributed by atoms with Crippen molar-refractivity contribution in [3.63, 3.8) is 0 Å². The summed E-state index contributed by atoms with van der Waals surface area (Å²) < 4.78 is 6.60. The number of aryl methyl sites for hydroxylation is 1. The predicted molar refractivity (Wildman–Crippen MR) is 121 cm³/mol. The molecular weight excluding hydrogens is 394 g/mol. The van der Waals surface area contributed by atoms with Crippen molar-refractivity contribution in [1.82, 2.24) is 9.97 Å². The Morgan fingerprint density at radius 1 is 1.10 bits per heavy atom. The first-order valence-corrected chi connectivity index (χ1v) is 10.7. The molecule has 0 saturated heterocycles. The number of rotatable bonds is 7. The summed E-state index contributed by atoms with van der Waals surface area (Å²) in [4.78, 5) is 24.0. The monoisotopic (exact) mass is 417 g/mol. The minimum absolute atomic E-state index is 0.00791. The molecule has 4 aromatic rings. The molecule has 0 aliphatic heterocycles. The van der Waals surface area contributed by atoms with E-state index in [1.807, 2.05) is 68.4 Å². The molecule has 6 heteroatoms. The van der Waals surface area contributed by atoms with Crippen LogP contribution in [-0.2, 0) is 17.8 Å². The van der Waals surface area contributed by atoms with Gasteiger partial charge in [-0.15, -0.1) is 0 Å². The largest absolute Gasteiger partial charge is 0.494 e. The number of aromatic nitrogens is 2. The molecule has 2 heterocycles. The van der Waals surface area contributed by atoms with Gasteiger partial charge in [0.05, 0.1) is 29.8 Å². The Labute approximate surface area is 180 Å². The fourth-order valence-corrected chi connectivity index (χ4v) is 4.30. The van der Waals surface area contributed by atoms with Gasteiger partial charge in [0.1, 0.15) is 5.75 Å². The fourth-order valence-electron chi connectivity index (χ4n) is 3.29. The number of anilines is 1. The number of pyridine rings is 1. The lowest BCUT2D eigenvalue weighted by Gasteiger charge is -2.20. The van der Waals surface area contributed by atoms with Crippen LogP contribution in [0.1, 0.15) is 23.6 Å². The minimum atomic E-state index is 0.00791. The molecule has 0 N–H and O–H groups in total. The highest BCUT2D eigenvalue weighted by atomic mass is 32.1. The molecule has 2 aromatic heterocycles. The van der Waals surface area contributed by atoms with Crippen molar-refractivity contribution in [3.05, 3.63) is 83.7 Å².